The van der Waals surface area contributed by atoms with Crippen LogP contribution in [0.1, 0.15) is 6.92 Å². The Kier molecular flexibility index (Phi) is 28.8. The van der Waals surface area contributed by atoms with E-state index in [2.05, 4.69) is 0 Å². The van der Waals surface area contributed by atoms with E-state index in [0.717, 1.165) is 6.54 Å². The Balaban J connectivity index is 0. The van der Waals surface area contributed by atoms with Crippen molar-refractivity contribution < 1.29 is 0 Å². The summed E-state index contributed by atoms with van der Waals surface area (Å²) in [5.41, 5.74) is 4.85. The molecule has 0 aromatic heterocycles. The van der Waals surface area contributed by atoms with Crippen molar-refractivity contribution in [2.24, 2.45) is 5.73 Å². The van der Waals surface area contributed by atoms with Crippen LogP contribution in [0.5, 0.6) is 0 Å². The third kappa shape index (κ3) is 254. The van der Waals surface area contributed by atoms with Gasteiger partial charge in [0.05, 0.1) is 0 Å². The number of hydrogen-bond donors (Lipinski definition) is 2. The van der Waals surface area contributed by atoms with Crippen LogP contribution in [0.3, 0.4) is 0 Å². The van der Waals surface area contributed by atoms with Gasteiger partial charge >= 0.3 is 0 Å². The Labute approximate surface area is 26.6 Å². The summed E-state index contributed by atoms with van der Waals surface area (Å²) in [5.74, 6) is 0. The smallest absolute Gasteiger partial charge is 0.0106 e. The van der Waals surface area contributed by atoms with Gasteiger partial charge in [0.2, 0.25) is 0 Å². The molecule has 0 spiro atoms. The van der Waals surface area contributed by atoms with E-state index >= 15 is 0 Å². The van der Waals surface area contributed by atoms with Gasteiger partial charge in [-0.3, -0.25) is 0 Å². The normalized spacial score (nSPS) is 4.50. The summed E-state index contributed by atoms with van der Waals surface area (Å²) in [5, 5.41) is 0. The minimum Gasteiger partial charge on any atom is -0.344 e. The molecule has 4 heavy (non-hydrogen) atoms. The highest BCUT2D eigenvalue weighted by atomic mass is 14.5. The Morgan fingerprint density at radius 1 is 1.75 bits per heavy atom. The van der Waals surface area contributed by atoms with Gasteiger partial charge in [0.1, 0.15) is 0 Å². The summed E-state index contributed by atoms with van der Waals surface area (Å²) >= 11 is 0. The van der Waals surface area contributed by atoms with Crippen LogP contribution in [0.15, 0.2) is 0 Å². The topological polar surface area (TPSA) is 61.0 Å². The molecule has 0 rings (SSSR count). The molecule has 0 aliphatic carbocycles. The first-order valence-electron chi connectivity index (χ1n) is 1.12. The van der Waals surface area contributed by atoms with E-state index in [-0.39, 0.29) is 6.15 Å². The lowest BCUT2D eigenvalue weighted by atomic mass is 10.8. The zero-order valence-corrected chi connectivity index (χ0v) is 2.99. The lowest BCUT2D eigenvalue weighted by Crippen LogP contribution is -1.87. The molecule has 0 fully saturated rings. The largest absolute Gasteiger partial charge is 0.344 e. The van der Waals surface area contributed by atoms with Crippen molar-refractivity contribution in [3.8, 4) is 0 Å². The molecular formula is C2H10N2. The van der Waals surface area contributed by atoms with Crippen LogP contribution in [0.2, 0.25) is 0 Å². The van der Waals surface area contributed by atoms with Crippen molar-refractivity contribution in [1.82, 2.24) is 6.15 Å². The molecule has 0 bridgehead atoms. The van der Waals surface area contributed by atoms with Crippen molar-refractivity contribution >= 4 is 0 Å². The molecule has 0 aliphatic heterocycles. The van der Waals surface area contributed by atoms with Gasteiger partial charge in [-0.2, -0.15) is 0 Å². The molecule has 2 nitrogen and oxygen atoms in total. The van der Waals surface area contributed by atoms with Gasteiger partial charge in [-0.15, -0.1) is 0 Å². The first-order valence-corrected chi connectivity index (χ1v) is 1.12. The monoisotopic (exact) mass is 62.1 g/mol. The van der Waals surface area contributed by atoms with Crippen molar-refractivity contribution in [1.29, 1.82) is 0 Å². The van der Waals surface area contributed by atoms with Crippen LogP contribution in [-0.4, -0.2) is 6.54 Å². The molecule has 0 aliphatic rings. The predicted molar refractivity (Wildman–Crippen MR) is 19.8 cm³/mol. The fourth-order valence-corrected chi connectivity index (χ4v) is 0. The maximum absolute atomic E-state index is 4.85. The summed E-state index contributed by atoms with van der Waals surface area (Å²) in [6, 6.07) is 0. The molecule has 0 atom stereocenters. The summed E-state index contributed by atoms with van der Waals surface area (Å²) < 4.78 is 0. The Morgan fingerprint density at radius 3 is 1.75 bits per heavy atom. The second kappa shape index (κ2) is 12.7. The quantitative estimate of drug-likeness (QED) is 0.419. The Morgan fingerprint density at radius 2 is 1.75 bits per heavy atom. The molecule has 2 heteroatoms. The van der Waals surface area contributed by atoms with E-state index in [4.69, 9.17) is 5.73 Å². The zero-order valence-electron chi connectivity index (χ0n) is 2.99. The lowest BCUT2D eigenvalue weighted by molar-refractivity contribution is 1.14. The SMILES string of the molecule is CCN.N. The fourth-order valence-electron chi connectivity index (χ4n) is 0. The highest BCUT2D eigenvalue weighted by Gasteiger charge is 1.32. The van der Waals surface area contributed by atoms with Crippen molar-refractivity contribution in [2.75, 3.05) is 6.54 Å². The van der Waals surface area contributed by atoms with Crippen LogP contribution in [0.4, 0.5) is 0 Å². The molecule has 0 heterocycles. The van der Waals surface area contributed by atoms with Gasteiger partial charge in [0.15, 0.2) is 0 Å². The molecule has 0 aromatic rings. The highest BCUT2D eigenvalue weighted by molar-refractivity contribution is 4.00. The Bertz CT molecular complexity index is 4.00. The van der Waals surface area contributed by atoms with E-state index in [1.165, 1.54) is 0 Å². The van der Waals surface area contributed by atoms with Crippen LogP contribution < -0.4 is 11.9 Å². The van der Waals surface area contributed by atoms with Crippen molar-refractivity contribution in [3.05, 3.63) is 0 Å². The number of rotatable bonds is 0. The molecule has 0 amide bonds. The van der Waals surface area contributed by atoms with E-state index in [1.807, 2.05) is 6.92 Å². The number of hydrogen-bond acceptors (Lipinski definition) is 2. The summed E-state index contributed by atoms with van der Waals surface area (Å²) in [6.45, 7) is 2.65. The average molecular weight is 62.1 g/mol. The van der Waals surface area contributed by atoms with Crippen LogP contribution >= 0.6 is 0 Å². The van der Waals surface area contributed by atoms with E-state index in [9.17, 15) is 0 Å². The maximum atomic E-state index is 4.85. The number of nitrogens with two attached hydrogens (primary N) is 1. The molecule has 5 N–H and O–H groups in total. The van der Waals surface area contributed by atoms with Crippen LogP contribution in [0, 0.1) is 0 Å². The second-order valence-corrected chi connectivity index (χ2v) is 0.408. The van der Waals surface area contributed by atoms with Crippen molar-refractivity contribution in [3.63, 3.8) is 0 Å². The minimum atomic E-state index is 0. The average Bonchev–Trinajstić information content (AvgIpc) is 0.918. The van der Waals surface area contributed by atoms with E-state index < -0.39 is 0 Å². The van der Waals surface area contributed by atoms with Gasteiger partial charge in [-0.25, -0.2) is 0 Å². The maximum Gasteiger partial charge on any atom is -0.0106 e. The Hall–Kier alpha value is -0.0800. The zero-order chi connectivity index (χ0) is 2.71. The minimum absolute atomic E-state index is 0. The molecule has 0 saturated carbocycles. The summed E-state index contributed by atoms with van der Waals surface area (Å²) in [7, 11) is 0. The molecule has 0 saturated heterocycles. The van der Waals surface area contributed by atoms with Gasteiger partial charge in [-0.1, -0.05) is 6.92 Å². The molecule has 28 valence electrons. The first-order chi connectivity index (χ1) is 1.41. The fraction of sp³-hybridized carbons (Fsp3) is 1.00. The standard InChI is InChI=1S/C2H7N.H3N/c1-2-3;/h2-3H2,1H3;1H3. The third-order valence-corrected chi connectivity index (χ3v) is 0. The second-order valence-electron chi connectivity index (χ2n) is 0.408. The highest BCUT2D eigenvalue weighted by Crippen LogP contribution is 1.20. The molecule has 0 aromatic carbocycles. The summed E-state index contributed by atoms with van der Waals surface area (Å²) in [6.07, 6.45) is 0. The van der Waals surface area contributed by atoms with Gasteiger partial charge in [0, 0.05) is 0 Å². The molecule has 0 unspecified atom stereocenters. The first kappa shape index (κ1) is 9.07. The van der Waals surface area contributed by atoms with E-state index in [0.29, 0.717) is 0 Å². The van der Waals surface area contributed by atoms with Gasteiger partial charge < -0.3 is 11.9 Å². The van der Waals surface area contributed by atoms with Gasteiger partial charge in [0.25, 0.3) is 0 Å². The van der Waals surface area contributed by atoms with E-state index in [1.54, 1.807) is 0 Å². The van der Waals surface area contributed by atoms with Crippen LogP contribution in [0.25, 0.3) is 0 Å². The van der Waals surface area contributed by atoms with Crippen LogP contribution in [-0.2, 0) is 0 Å². The lowest BCUT2D eigenvalue weighted by Gasteiger charge is -1.53. The van der Waals surface area contributed by atoms with Crippen molar-refractivity contribution in [2.45, 2.75) is 6.92 Å². The molecular weight excluding hydrogens is 52.0 g/mol. The molecule has 0 radical (unpaired) electrons. The predicted octanol–water partition coefficient (Wildman–Crippen LogP) is 0.127. The van der Waals surface area contributed by atoms with Gasteiger partial charge in [-0.05, 0) is 6.54 Å². The third-order valence-electron chi connectivity index (χ3n) is 0. The summed E-state index contributed by atoms with van der Waals surface area (Å²) in [4.78, 5) is 0.